The van der Waals surface area contributed by atoms with Crippen molar-refractivity contribution in [2.24, 2.45) is 5.73 Å². The standard InChI is InChI=1S/C13H20FNO2/c1-9(2)16-6-7-17-11-4-5-12(10(3)15)13(14)8-11/h4-5,8-10H,6-7,15H2,1-3H3. The minimum absolute atomic E-state index is 0.177. The van der Waals surface area contributed by atoms with Crippen LogP contribution in [0.3, 0.4) is 0 Å². The van der Waals surface area contributed by atoms with Gasteiger partial charge in [0, 0.05) is 17.7 Å². The van der Waals surface area contributed by atoms with E-state index in [9.17, 15) is 4.39 Å². The first-order valence-corrected chi connectivity index (χ1v) is 5.80. The molecular weight excluding hydrogens is 221 g/mol. The molecule has 0 amide bonds. The van der Waals surface area contributed by atoms with E-state index >= 15 is 0 Å². The lowest BCUT2D eigenvalue weighted by Crippen LogP contribution is -2.12. The van der Waals surface area contributed by atoms with Crippen LogP contribution in [-0.4, -0.2) is 19.3 Å². The maximum Gasteiger partial charge on any atom is 0.131 e. The van der Waals surface area contributed by atoms with Gasteiger partial charge in [-0.25, -0.2) is 4.39 Å². The minimum atomic E-state index is -0.331. The fourth-order valence-corrected chi connectivity index (χ4v) is 1.41. The van der Waals surface area contributed by atoms with Crippen LogP contribution in [0.5, 0.6) is 5.75 Å². The highest BCUT2D eigenvalue weighted by molar-refractivity contribution is 5.30. The number of hydrogen-bond acceptors (Lipinski definition) is 3. The Bertz CT molecular complexity index is 353. The number of ether oxygens (including phenoxy) is 2. The van der Waals surface area contributed by atoms with E-state index in [1.54, 1.807) is 19.1 Å². The quantitative estimate of drug-likeness (QED) is 0.779. The Morgan fingerprint density at radius 2 is 1.94 bits per heavy atom. The van der Waals surface area contributed by atoms with Gasteiger partial charge in [-0.1, -0.05) is 6.07 Å². The lowest BCUT2D eigenvalue weighted by molar-refractivity contribution is 0.0552. The molecule has 1 unspecified atom stereocenters. The second kappa shape index (κ2) is 6.57. The summed E-state index contributed by atoms with van der Waals surface area (Å²) in [5.41, 5.74) is 6.11. The van der Waals surface area contributed by atoms with Crippen LogP contribution in [0.2, 0.25) is 0 Å². The molecular formula is C13H20FNO2. The molecule has 0 aliphatic rings. The second-order valence-corrected chi connectivity index (χ2v) is 4.24. The van der Waals surface area contributed by atoms with Crippen molar-refractivity contribution >= 4 is 0 Å². The number of hydrogen-bond donors (Lipinski definition) is 1. The monoisotopic (exact) mass is 241 g/mol. The molecule has 1 rings (SSSR count). The summed E-state index contributed by atoms with van der Waals surface area (Å²) in [5, 5.41) is 0. The van der Waals surface area contributed by atoms with Gasteiger partial charge in [0.05, 0.1) is 12.7 Å². The van der Waals surface area contributed by atoms with Gasteiger partial charge in [0.1, 0.15) is 18.2 Å². The van der Waals surface area contributed by atoms with Gasteiger partial charge in [-0.2, -0.15) is 0 Å². The summed E-state index contributed by atoms with van der Waals surface area (Å²) < 4.78 is 24.2. The van der Waals surface area contributed by atoms with Gasteiger partial charge >= 0.3 is 0 Å². The minimum Gasteiger partial charge on any atom is -0.491 e. The van der Waals surface area contributed by atoms with Crippen LogP contribution in [0, 0.1) is 5.82 Å². The average Bonchev–Trinajstić information content (AvgIpc) is 2.23. The molecule has 2 N–H and O–H groups in total. The molecule has 3 nitrogen and oxygen atoms in total. The molecule has 1 atom stereocenters. The third kappa shape index (κ3) is 4.71. The zero-order chi connectivity index (χ0) is 12.8. The summed E-state index contributed by atoms with van der Waals surface area (Å²) >= 11 is 0. The Hall–Kier alpha value is -1.13. The normalized spacial score (nSPS) is 12.8. The van der Waals surface area contributed by atoms with Crippen molar-refractivity contribution in [1.82, 2.24) is 0 Å². The van der Waals surface area contributed by atoms with E-state index in [-0.39, 0.29) is 18.0 Å². The highest BCUT2D eigenvalue weighted by Gasteiger charge is 2.07. The van der Waals surface area contributed by atoms with Crippen LogP contribution in [0.1, 0.15) is 32.4 Å². The molecule has 0 spiro atoms. The van der Waals surface area contributed by atoms with Crippen molar-refractivity contribution in [3.8, 4) is 5.75 Å². The SMILES string of the molecule is CC(C)OCCOc1ccc(C(C)N)c(F)c1. The van der Waals surface area contributed by atoms with Crippen molar-refractivity contribution in [2.45, 2.75) is 32.9 Å². The van der Waals surface area contributed by atoms with Crippen LogP contribution in [-0.2, 0) is 4.74 Å². The molecule has 0 saturated heterocycles. The van der Waals surface area contributed by atoms with E-state index in [0.717, 1.165) is 0 Å². The van der Waals surface area contributed by atoms with Crippen molar-refractivity contribution in [3.05, 3.63) is 29.6 Å². The second-order valence-electron chi connectivity index (χ2n) is 4.24. The van der Waals surface area contributed by atoms with Crippen molar-refractivity contribution in [3.63, 3.8) is 0 Å². The van der Waals surface area contributed by atoms with E-state index in [4.69, 9.17) is 15.2 Å². The van der Waals surface area contributed by atoms with Crippen molar-refractivity contribution in [1.29, 1.82) is 0 Å². The topological polar surface area (TPSA) is 44.5 Å². The Kier molecular flexibility index (Phi) is 5.38. The first-order valence-electron chi connectivity index (χ1n) is 5.80. The van der Waals surface area contributed by atoms with Crippen LogP contribution in [0.25, 0.3) is 0 Å². The average molecular weight is 241 g/mol. The van der Waals surface area contributed by atoms with Gasteiger partial charge in [0.2, 0.25) is 0 Å². The van der Waals surface area contributed by atoms with E-state index in [1.807, 2.05) is 13.8 Å². The number of halogens is 1. The molecule has 1 aromatic rings. The Morgan fingerprint density at radius 1 is 1.24 bits per heavy atom. The number of nitrogens with two attached hydrogens (primary N) is 1. The summed E-state index contributed by atoms with van der Waals surface area (Å²) in [6.07, 6.45) is 0.177. The van der Waals surface area contributed by atoms with Crippen LogP contribution in [0.15, 0.2) is 18.2 Å². The molecule has 0 fully saturated rings. The molecule has 1 aromatic carbocycles. The molecule has 96 valence electrons. The molecule has 17 heavy (non-hydrogen) atoms. The van der Waals surface area contributed by atoms with Gasteiger partial charge in [0.15, 0.2) is 0 Å². The van der Waals surface area contributed by atoms with Gasteiger partial charge in [-0.05, 0) is 26.8 Å². The summed E-state index contributed by atoms with van der Waals surface area (Å²) in [6, 6.07) is 4.41. The van der Waals surface area contributed by atoms with E-state index in [2.05, 4.69) is 0 Å². The lowest BCUT2D eigenvalue weighted by Gasteiger charge is -2.11. The Morgan fingerprint density at radius 3 is 2.47 bits per heavy atom. The highest BCUT2D eigenvalue weighted by Crippen LogP contribution is 2.20. The van der Waals surface area contributed by atoms with Crippen LogP contribution < -0.4 is 10.5 Å². The molecule has 0 heterocycles. The molecule has 0 aliphatic carbocycles. The third-order valence-corrected chi connectivity index (χ3v) is 2.27. The summed E-state index contributed by atoms with van der Waals surface area (Å²) in [4.78, 5) is 0. The van der Waals surface area contributed by atoms with E-state index < -0.39 is 0 Å². The number of rotatable bonds is 6. The van der Waals surface area contributed by atoms with Crippen molar-refractivity contribution < 1.29 is 13.9 Å². The fraction of sp³-hybridized carbons (Fsp3) is 0.538. The lowest BCUT2D eigenvalue weighted by atomic mass is 10.1. The zero-order valence-electron chi connectivity index (χ0n) is 10.6. The van der Waals surface area contributed by atoms with E-state index in [0.29, 0.717) is 24.5 Å². The smallest absolute Gasteiger partial charge is 0.131 e. The molecule has 0 saturated carbocycles. The van der Waals surface area contributed by atoms with Gasteiger partial charge < -0.3 is 15.2 Å². The summed E-state index contributed by atoms with van der Waals surface area (Å²) in [5.74, 6) is 0.168. The highest BCUT2D eigenvalue weighted by atomic mass is 19.1. The summed E-state index contributed by atoms with van der Waals surface area (Å²) in [6.45, 7) is 6.56. The van der Waals surface area contributed by atoms with Gasteiger partial charge in [-0.15, -0.1) is 0 Å². The van der Waals surface area contributed by atoms with Gasteiger partial charge in [-0.3, -0.25) is 0 Å². The molecule has 0 bridgehead atoms. The van der Waals surface area contributed by atoms with Crippen LogP contribution in [0.4, 0.5) is 4.39 Å². The maximum atomic E-state index is 13.5. The molecule has 0 aliphatic heterocycles. The molecule has 0 radical (unpaired) electrons. The predicted molar refractivity (Wildman–Crippen MR) is 65.6 cm³/mol. The first kappa shape index (κ1) is 13.9. The Balaban J connectivity index is 2.47. The van der Waals surface area contributed by atoms with E-state index in [1.165, 1.54) is 6.07 Å². The maximum absolute atomic E-state index is 13.5. The first-order chi connectivity index (χ1) is 8.00. The Labute approximate surface area is 102 Å². The fourth-order valence-electron chi connectivity index (χ4n) is 1.41. The van der Waals surface area contributed by atoms with Crippen molar-refractivity contribution in [2.75, 3.05) is 13.2 Å². The molecule has 4 heteroatoms. The summed E-state index contributed by atoms with van der Waals surface area (Å²) in [7, 11) is 0. The zero-order valence-corrected chi connectivity index (χ0v) is 10.6. The predicted octanol–water partition coefficient (Wildman–Crippen LogP) is 2.65. The molecule has 0 aromatic heterocycles. The number of benzene rings is 1. The van der Waals surface area contributed by atoms with Gasteiger partial charge in [0.25, 0.3) is 0 Å². The third-order valence-electron chi connectivity index (χ3n) is 2.27. The van der Waals surface area contributed by atoms with Crippen LogP contribution >= 0.6 is 0 Å². The largest absolute Gasteiger partial charge is 0.491 e.